The standard InChI is InChI=1S/C17H18FNO2/c1-17(2,14-8-3-4-9-15(14)18)16(21)19-13-7-5-6-12(10-13)11-20/h3-10,20H,11H2,1-2H3,(H,19,21). The summed E-state index contributed by atoms with van der Waals surface area (Å²) in [5.41, 5.74) is 0.633. The van der Waals surface area contributed by atoms with Crippen molar-refractivity contribution in [3.63, 3.8) is 0 Å². The van der Waals surface area contributed by atoms with Crippen molar-refractivity contribution >= 4 is 11.6 Å². The molecule has 0 atom stereocenters. The summed E-state index contributed by atoms with van der Waals surface area (Å²) in [5.74, 6) is -0.704. The molecule has 110 valence electrons. The normalized spacial score (nSPS) is 11.2. The predicted molar refractivity (Wildman–Crippen MR) is 80.4 cm³/mol. The summed E-state index contributed by atoms with van der Waals surface area (Å²) in [7, 11) is 0. The minimum atomic E-state index is -0.999. The molecule has 0 radical (unpaired) electrons. The molecule has 3 nitrogen and oxygen atoms in total. The van der Waals surface area contributed by atoms with Crippen LogP contribution in [0.4, 0.5) is 10.1 Å². The van der Waals surface area contributed by atoms with Crippen LogP contribution in [0.5, 0.6) is 0 Å². The lowest BCUT2D eigenvalue weighted by molar-refractivity contribution is -0.120. The zero-order valence-corrected chi connectivity index (χ0v) is 12.1. The van der Waals surface area contributed by atoms with Gasteiger partial charge in [0, 0.05) is 11.3 Å². The van der Waals surface area contributed by atoms with Crippen LogP contribution in [0.3, 0.4) is 0 Å². The van der Waals surface area contributed by atoms with Crippen molar-refractivity contribution in [3.05, 3.63) is 65.5 Å². The van der Waals surface area contributed by atoms with E-state index in [0.29, 0.717) is 16.8 Å². The van der Waals surface area contributed by atoms with Crippen molar-refractivity contribution in [2.45, 2.75) is 25.9 Å². The zero-order chi connectivity index (χ0) is 15.5. The molecule has 0 aliphatic carbocycles. The van der Waals surface area contributed by atoms with Gasteiger partial charge < -0.3 is 10.4 Å². The Morgan fingerprint density at radius 2 is 1.90 bits per heavy atom. The molecule has 4 heteroatoms. The van der Waals surface area contributed by atoms with Crippen molar-refractivity contribution in [3.8, 4) is 0 Å². The van der Waals surface area contributed by atoms with Crippen molar-refractivity contribution in [2.75, 3.05) is 5.32 Å². The minimum Gasteiger partial charge on any atom is -0.392 e. The average molecular weight is 287 g/mol. The highest BCUT2D eigenvalue weighted by Crippen LogP contribution is 2.27. The summed E-state index contributed by atoms with van der Waals surface area (Å²) >= 11 is 0. The van der Waals surface area contributed by atoms with Crippen LogP contribution in [0.2, 0.25) is 0 Å². The van der Waals surface area contributed by atoms with Gasteiger partial charge in [0.1, 0.15) is 5.82 Å². The van der Waals surface area contributed by atoms with E-state index in [4.69, 9.17) is 5.11 Å². The summed E-state index contributed by atoms with van der Waals surface area (Å²) in [6, 6.07) is 13.2. The molecule has 0 unspecified atom stereocenters. The molecule has 21 heavy (non-hydrogen) atoms. The lowest BCUT2D eigenvalue weighted by atomic mass is 9.83. The maximum Gasteiger partial charge on any atom is 0.234 e. The second-order valence-corrected chi connectivity index (χ2v) is 5.42. The topological polar surface area (TPSA) is 49.3 Å². The van der Waals surface area contributed by atoms with Crippen LogP contribution in [0.15, 0.2) is 48.5 Å². The van der Waals surface area contributed by atoms with E-state index >= 15 is 0 Å². The van der Waals surface area contributed by atoms with Crippen LogP contribution in [0.25, 0.3) is 0 Å². The molecule has 0 fully saturated rings. The molecule has 2 rings (SSSR count). The largest absolute Gasteiger partial charge is 0.392 e. The number of halogens is 1. The second kappa shape index (κ2) is 6.06. The average Bonchev–Trinajstić information content (AvgIpc) is 2.47. The zero-order valence-electron chi connectivity index (χ0n) is 12.1. The molecule has 0 spiro atoms. The first-order valence-electron chi connectivity index (χ1n) is 6.71. The first-order chi connectivity index (χ1) is 9.95. The highest BCUT2D eigenvalue weighted by Gasteiger charge is 2.32. The summed E-state index contributed by atoms with van der Waals surface area (Å²) in [4.78, 5) is 12.4. The summed E-state index contributed by atoms with van der Waals surface area (Å²) in [5, 5.41) is 11.9. The fourth-order valence-electron chi connectivity index (χ4n) is 2.13. The highest BCUT2D eigenvalue weighted by atomic mass is 19.1. The molecule has 2 aromatic rings. The first-order valence-corrected chi connectivity index (χ1v) is 6.71. The fourth-order valence-corrected chi connectivity index (χ4v) is 2.13. The summed E-state index contributed by atoms with van der Waals surface area (Å²) in [6.45, 7) is 3.26. The third-order valence-electron chi connectivity index (χ3n) is 3.48. The highest BCUT2D eigenvalue weighted by molar-refractivity contribution is 5.98. The van der Waals surface area contributed by atoms with Crippen LogP contribution in [-0.4, -0.2) is 11.0 Å². The van der Waals surface area contributed by atoms with E-state index in [1.807, 2.05) is 0 Å². The number of amides is 1. The lowest BCUT2D eigenvalue weighted by Crippen LogP contribution is -2.35. The Morgan fingerprint density at radius 3 is 2.57 bits per heavy atom. The molecule has 0 saturated carbocycles. The number of anilines is 1. The predicted octanol–water partition coefficient (Wildman–Crippen LogP) is 3.23. The molecular formula is C17H18FNO2. The van der Waals surface area contributed by atoms with Gasteiger partial charge in [-0.2, -0.15) is 0 Å². The van der Waals surface area contributed by atoms with E-state index in [2.05, 4.69) is 5.32 Å². The summed E-state index contributed by atoms with van der Waals surface area (Å²) < 4.78 is 13.9. The second-order valence-electron chi connectivity index (χ2n) is 5.42. The number of aliphatic hydroxyl groups excluding tert-OH is 1. The van der Waals surface area contributed by atoms with Crippen molar-refractivity contribution in [2.24, 2.45) is 0 Å². The lowest BCUT2D eigenvalue weighted by Gasteiger charge is -2.24. The number of benzene rings is 2. The van der Waals surface area contributed by atoms with Crippen LogP contribution in [0.1, 0.15) is 25.0 Å². The fraction of sp³-hybridized carbons (Fsp3) is 0.235. The molecular weight excluding hydrogens is 269 g/mol. The number of carbonyl (C=O) groups excluding carboxylic acids is 1. The van der Waals surface area contributed by atoms with Crippen molar-refractivity contribution in [1.29, 1.82) is 0 Å². The van der Waals surface area contributed by atoms with Gasteiger partial charge in [-0.3, -0.25) is 4.79 Å². The van der Waals surface area contributed by atoms with Crippen LogP contribution >= 0.6 is 0 Å². The maximum absolute atomic E-state index is 13.9. The monoisotopic (exact) mass is 287 g/mol. The Kier molecular flexibility index (Phi) is 4.38. The third kappa shape index (κ3) is 3.28. The van der Waals surface area contributed by atoms with E-state index in [-0.39, 0.29) is 12.5 Å². The molecule has 0 bridgehead atoms. The van der Waals surface area contributed by atoms with Gasteiger partial charge in [0.15, 0.2) is 0 Å². The maximum atomic E-state index is 13.9. The SMILES string of the molecule is CC(C)(C(=O)Nc1cccc(CO)c1)c1ccccc1F. The van der Waals surface area contributed by atoms with E-state index in [0.717, 1.165) is 0 Å². The van der Waals surface area contributed by atoms with Gasteiger partial charge in [-0.25, -0.2) is 4.39 Å². The minimum absolute atomic E-state index is 0.0968. The number of hydrogen-bond donors (Lipinski definition) is 2. The number of aliphatic hydroxyl groups is 1. The molecule has 2 aromatic carbocycles. The number of nitrogens with one attached hydrogen (secondary N) is 1. The van der Waals surface area contributed by atoms with Crippen molar-refractivity contribution in [1.82, 2.24) is 0 Å². The van der Waals surface area contributed by atoms with Crippen LogP contribution in [0, 0.1) is 5.82 Å². The third-order valence-corrected chi connectivity index (χ3v) is 3.48. The molecule has 0 heterocycles. The number of carbonyl (C=O) groups is 1. The molecule has 1 amide bonds. The Bertz CT molecular complexity index is 653. The number of hydrogen-bond acceptors (Lipinski definition) is 2. The van der Waals surface area contributed by atoms with Gasteiger partial charge in [0.2, 0.25) is 5.91 Å². The molecule has 0 saturated heterocycles. The number of rotatable bonds is 4. The Labute approximate surface area is 123 Å². The summed E-state index contributed by atoms with van der Waals surface area (Å²) in [6.07, 6.45) is 0. The van der Waals surface area contributed by atoms with Gasteiger partial charge in [-0.1, -0.05) is 30.3 Å². The van der Waals surface area contributed by atoms with E-state index < -0.39 is 11.2 Å². The van der Waals surface area contributed by atoms with Gasteiger partial charge in [0.05, 0.1) is 12.0 Å². The molecule has 0 aliphatic rings. The van der Waals surface area contributed by atoms with Gasteiger partial charge in [0.25, 0.3) is 0 Å². The van der Waals surface area contributed by atoms with E-state index in [1.54, 1.807) is 56.3 Å². The van der Waals surface area contributed by atoms with Gasteiger partial charge in [-0.05, 0) is 37.6 Å². The molecule has 0 aromatic heterocycles. The first kappa shape index (κ1) is 15.2. The van der Waals surface area contributed by atoms with Crippen LogP contribution in [-0.2, 0) is 16.8 Å². The smallest absolute Gasteiger partial charge is 0.234 e. The van der Waals surface area contributed by atoms with Crippen LogP contribution < -0.4 is 5.32 Å². The van der Waals surface area contributed by atoms with Crippen molar-refractivity contribution < 1.29 is 14.3 Å². The Morgan fingerprint density at radius 1 is 1.19 bits per heavy atom. The van der Waals surface area contributed by atoms with E-state index in [9.17, 15) is 9.18 Å². The van der Waals surface area contributed by atoms with Gasteiger partial charge >= 0.3 is 0 Å². The quantitative estimate of drug-likeness (QED) is 0.907. The van der Waals surface area contributed by atoms with E-state index in [1.165, 1.54) is 6.07 Å². The van der Waals surface area contributed by atoms with Gasteiger partial charge in [-0.15, -0.1) is 0 Å². The Balaban J connectivity index is 2.24. The molecule has 2 N–H and O–H groups in total. The Hall–Kier alpha value is -2.20. The molecule has 0 aliphatic heterocycles.